The Morgan fingerprint density at radius 1 is 1.00 bits per heavy atom. The van der Waals surface area contributed by atoms with Crippen LogP contribution in [0.15, 0.2) is 12.1 Å². The van der Waals surface area contributed by atoms with Crippen molar-refractivity contribution >= 4 is 11.6 Å². The van der Waals surface area contributed by atoms with Crippen molar-refractivity contribution in [2.75, 3.05) is 14.1 Å². The van der Waals surface area contributed by atoms with Crippen LogP contribution in [0.25, 0.3) is 0 Å². The molecule has 1 fully saturated rings. The third-order valence-corrected chi connectivity index (χ3v) is 8.46. The van der Waals surface area contributed by atoms with E-state index in [1.807, 2.05) is 19.0 Å². The lowest BCUT2D eigenvalue weighted by Gasteiger charge is -2.46. The molecule has 2 aromatic rings. The number of fused-ring (bicyclic) bond motifs is 3. The molecular weight excluding hydrogens is 510 g/mol. The summed E-state index contributed by atoms with van der Waals surface area (Å²) in [6.07, 6.45) is -2.97. The van der Waals surface area contributed by atoms with E-state index in [1.165, 1.54) is 0 Å². The summed E-state index contributed by atoms with van der Waals surface area (Å²) in [7, 11) is 3.62. The number of hydrogen-bond donors (Lipinski definition) is 6. The van der Waals surface area contributed by atoms with E-state index in [2.05, 4.69) is 0 Å². The Hall–Kier alpha value is -3.22. The molecule has 0 aromatic heterocycles. The Kier molecular flexibility index (Phi) is 6.63. The number of nitrogens with zero attached hydrogens (tertiary/aromatic N) is 1. The van der Waals surface area contributed by atoms with E-state index >= 15 is 0 Å². The van der Waals surface area contributed by atoms with Crippen LogP contribution in [-0.2, 0) is 15.9 Å². The molecule has 0 spiro atoms. The van der Waals surface area contributed by atoms with Crippen molar-refractivity contribution in [3.05, 3.63) is 45.5 Å². The van der Waals surface area contributed by atoms with E-state index < -0.39 is 87.0 Å². The standard InChI is InChI=1S/C28H33NO10/c1-5-28(37)9-8-12-17(27(28)39-16-10-13(29(3)4)22(32)11(2)38-16)24(34)21-20(23(12)33)25(35)18-14(30)6-7-15(31)19(18)26(21)36/h6-7,11,13,16,22,27,30-34,37H,5,8-10H2,1-4H3/t11-,13-,16+,22-,27-,28-/m1/s1. The molecule has 0 bridgehead atoms. The number of aliphatic hydroxyl groups is 2. The van der Waals surface area contributed by atoms with Crippen LogP contribution < -0.4 is 0 Å². The average Bonchev–Trinajstić information content (AvgIpc) is 2.88. The van der Waals surface area contributed by atoms with Crippen LogP contribution in [0.5, 0.6) is 23.0 Å². The maximum atomic E-state index is 13.6. The van der Waals surface area contributed by atoms with E-state index in [-0.39, 0.29) is 42.9 Å². The first-order valence-electron chi connectivity index (χ1n) is 12.9. The number of likely N-dealkylation sites (N-methyl/N-ethyl adjacent to an activating group) is 1. The molecule has 0 unspecified atom stereocenters. The van der Waals surface area contributed by atoms with Crippen LogP contribution in [0.1, 0.15) is 82.2 Å². The van der Waals surface area contributed by atoms with Crippen molar-refractivity contribution in [2.45, 2.75) is 75.8 Å². The molecule has 2 aliphatic carbocycles. The van der Waals surface area contributed by atoms with Crippen molar-refractivity contribution in [3.63, 3.8) is 0 Å². The van der Waals surface area contributed by atoms with Crippen molar-refractivity contribution in [1.29, 1.82) is 0 Å². The fourth-order valence-corrected chi connectivity index (χ4v) is 6.14. The quantitative estimate of drug-likeness (QED) is 0.265. The highest BCUT2D eigenvalue weighted by Crippen LogP contribution is 2.54. The number of phenolic OH excluding ortho intramolecular Hbond substituents is 4. The first kappa shape index (κ1) is 27.4. The highest BCUT2D eigenvalue weighted by molar-refractivity contribution is 6.32. The van der Waals surface area contributed by atoms with Gasteiger partial charge in [-0.05, 0) is 52.4 Å². The van der Waals surface area contributed by atoms with Gasteiger partial charge in [0.1, 0.15) is 29.1 Å². The van der Waals surface area contributed by atoms with Gasteiger partial charge >= 0.3 is 0 Å². The zero-order valence-electron chi connectivity index (χ0n) is 22.1. The lowest BCUT2D eigenvalue weighted by atomic mass is 9.71. The van der Waals surface area contributed by atoms with Gasteiger partial charge in [0.15, 0.2) is 6.29 Å². The summed E-state index contributed by atoms with van der Waals surface area (Å²) in [5.74, 6) is -4.23. The number of rotatable bonds is 4. The molecule has 2 aromatic carbocycles. The molecule has 6 atom stereocenters. The van der Waals surface area contributed by atoms with Gasteiger partial charge in [0.2, 0.25) is 11.6 Å². The summed E-state index contributed by atoms with van der Waals surface area (Å²) in [5.41, 5.74) is -3.42. The molecule has 1 aliphatic heterocycles. The zero-order valence-corrected chi connectivity index (χ0v) is 22.1. The molecule has 1 heterocycles. The van der Waals surface area contributed by atoms with Gasteiger partial charge in [0.05, 0.1) is 40.1 Å². The number of carbonyl (C=O) groups excluding carboxylic acids is 2. The average molecular weight is 544 g/mol. The molecule has 0 amide bonds. The lowest BCUT2D eigenvalue weighted by Crippen LogP contribution is -2.54. The van der Waals surface area contributed by atoms with Gasteiger partial charge in [-0.3, -0.25) is 9.59 Å². The third kappa shape index (κ3) is 3.99. The fourth-order valence-electron chi connectivity index (χ4n) is 6.14. The van der Waals surface area contributed by atoms with Gasteiger partial charge in [-0.25, -0.2) is 0 Å². The van der Waals surface area contributed by atoms with Crippen LogP contribution >= 0.6 is 0 Å². The van der Waals surface area contributed by atoms with Crippen LogP contribution in [0.4, 0.5) is 0 Å². The largest absolute Gasteiger partial charge is 0.507 e. The summed E-state index contributed by atoms with van der Waals surface area (Å²) in [5, 5.41) is 65.7. The second kappa shape index (κ2) is 9.46. The van der Waals surface area contributed by atoms with E-state index in [1.54, 1.807) is 13.8 Å². The van der Waals surface area contributed by atoms with Gasteiger partial charge < -0.3 is 45.0 Å². The van der Waals surface area contributed by atoms with Gasteiger partial charge in [-0.15, -0.1) is 0 Å². The number of aliphatic hydroxyl groups excluding tert-OH is 1. The maximum Gasteiger partial charge on any atom is 0.202 e. The summed E-state index contributed by atoms with van der Waals surface area (Å²) in [4.78, 5) is 28.8. The molecule has 1 saturated heterocycles. The molecule has 3 aliphatic rings. The lowest BCUT2D eigenvalue weighted by molar-refractivity contribution is -0.276. The second-order valence-electron chi connectivity index (χ2n) is 10.9. The van der Waals surface area contributed by atoms with Gasteiger partial charge in [-0.2, -0.15) is 0 Å². The fraction of sp³-hybridized carbons (Fsp3) is 0.500. The molecular formula is C28H33NO10. The first-order valence-corrected chi connectivity index (χ1v) is 12.9. The highest BCUT2D eigenvalue weighted by Gasteiger charge is 2.50. The van der Waals surface area contributed by atoms with Crippen LogP contribution in [0.3, 0.4) is 0 Å². The number of ether oxygens (including phenoxy) is 2. The third-order valence-electron chi connectivity index (χ3n) is 8.46. The Morgan fingerprint density at radius 3 is 2.10 bits per heavy atom. The predicted molar refractivity (Wildman–Crippen MR) is 136 cm³/mol. The summed E-state index contributed by atoms with van der Waals surface area (Å²) in [6, 6.07) is 1.79. The molecule has 11 heteroatoms. The number of aromatic hydroxyl groups is 4. The highest BCUT2D eigenvalue weighted by atomic mass is 16.7. The Labute approximate surface area is 224 Å². The molecule has 0 saturated carbocycles. The molecule has 39 heavy (non-hydrogen) atoms. The maximum absolute atomic E-state index is 13.6. The first-order chi connectivity index (χ1) is 18.3. The van der Waals surface area contributed by atoms with Crippen molar-refractivity contribution in [1.82, 2.24) is 4.90 Å². The summed E-state index contributed by atoms with van der Waals surface area (Å²) < 4.78 is 12.2. The molecule has 0 radical (unpaired) electrons. The number of ketones is 2. The van der Waals surface area contributed by atoms with E-state index in [0.717, 1.165) is 12.1 Å². The van der Waals surface area contributed by atoms with Crippen LogP contribution in [0, 0.1) is 0 Å². The van der Waals surface area contributed by atoms with Crippen molar-refractivity contribution in [3.8, 4) is 23.0 Å². The smallest absolute Gasteiger partial charge is 0.202 e. The monoisotopic (exact) mass is 543 g/mol. The number of carbonyl (C=O) groups is 2. The van der Waals surface area contributed by atoms with Crippen molar-refractivity contribution < 1.29 is 49.7 Å². The minimum absolute atomic E-state index is 0.0464. The Balaban J connectivity index is 1.67. The molecule has 6 N–H and O–H groups in total. The summed E-state index contributed by atoms with van der Waals surface area (Å²) >= 11 is 0. The van der Waals surface area contributed by atoms with Gasteiger partial charge in [0, 0.05) is 23.6 Å². The normalized spacial score (nSPS) is 30.2. The number of hydrogen-bond acceptors (Lipinski definition) is 11. The molecule has 210 valence electrons. The zero-order chi connectivity index (χ0) is 28.5. The van der Waals surface area contributed by atoms with Gasteiger partial charge in [0.25, 0.3) is 0 Å². The molecule has 11 nitrogen and oxygen atoms in total. The Bertz CT molecular complexity index is 1370. The van der Waals surface area contributed by atoms with Gasteiger partial charge in [-0.1, -0.05) is 6.92 Å². The number of benzene rings is 2. The van der Waals surface area contributed by atoms with Crippen LogP contribution in [0.2, 0.25) is 0 Å². The molecule has 5 rings (SSSR count). The van der Waals surface area contributed by atoms with Crippen LogP contribution in [-0.4, -0.2) is 91.3 Å². The minimum Gasteiger partial charge on any atom is -0.507 e. The van der Waals surface area contributed by atoms with Crippen molar-refractivity contribution in [2.24, 2.45) is 0 Å². The minimum atomic E-state index is -1.53. The second-order valence-corrected chi connectivity index (χ2v) is 10.9. The Morgan fingerprint density at radius 2 is 1.56 bits per heavy atom. The summed E-state index contributed by atoms with van der Waals surface area (Å²) in [6.45, 7) is 3.43. The predicted octanol–water partition coefficient (Wildman–Crippen LogP) is 1.86. The van der Waals surface area contributed by atoms with E-state index in [4.69, 9.17) is 9.47 Å². The number of phenols is 4. The SMILES string of the molecule is CC[C@@]1(O)CCc2c(O)c3c(c(O)c2[C@H]1O[C@H]1C[C@@H](N(C)C)[C@H](O)[C@@H](C)O1)C(=O)c1c(O)ccc(O)c1C3=O. The van der Waals surface area contributed by atoms with E-state index in [9.17, 15) is 40.2 Å². The topological polar surface area (TPSA) is 177 Å². The van der Waals surface area contributed by atoms with E-state index in [0.29, 0.717) is 0 Å².